The van der Waals surface area contributed by atoms with Crippen molar-refractivity contribution in [3.05, 3.63) is 45.8 Å². The van der Waals surface area contributed by atoms with Gasteiger partial charge >= 0.3 is 0 Å². The molecule has 0 heterocycles. The van der Waals surface area contributed by atoms with E-state index in [1.807, 2.05) is 0 Å². The van der Waals surface area contributed by atoms with Gasteiger partial charge in [0.2, 0.25) is 6.54 Å². The zero-order chi connectivity index (χ0) is 9.14. The second-order valence-corrected chi connectivity index (χ2v) is 2.55. The largest absolute Gasteiger partial charge is 0.312 e. The van der Waals surface area contributed by atoms with Gasteiger partial charge < -0.3 is 4.85 Å². The Hall–Kier alpha value is -1.14. The van der Waals surface area contributed by atoms with Gasteiger partial charge in [0.1, 0.15) is 11.4 Å². The van der Waals surface area contributed by atoms with Crippen LogP contribution in [0.4, 0.5) is 8.78 Å². The van der Waals surface area contributed by atoms with Crippen molar-refractivity contribution >= 4 is 11.6 Å². The Bertz CT molecular complexity index is 344. The Balaban J connectivity index is 3.25. The molecule has 12 heavy (non-hydrogen) atoms. The van der Waals surface area contributed by atoms with Crippen molar-refractivity contribution < 1.29 is 8.78 Å². The van der Waals surface area contributed by atoms with Crippen LogP contribution in [0.5, 0.6) is 0 Å². The van der Waals surface area contributed by atoms with E-state index in [0.29, 0.717) is 0 Å². The molecular weight excluding hydrogens is 184 g/mol. The van der Waals surface area contributed by atoms with Gasteiger partial charge in [-0.2, -0.15) is 0 Å². The van der Waals surface area contributed by atoms with E-state index in [1.54, 1.807) is 0 Å². The van der Waals surface area contributed by atoms with Gasteiger partial charge in [-0.05, 0) is 12.1 Å². The molecule has 0 aliphatic heterocycles. The monoisotopic (exact) mass is 187 g/mol. The fourth-order valence-electron chi connectivity index (χ4n) is 0.793. The van der Waals surface area contributed by atoms with Crippen LogP contribution < -0.4 is 0 Å². The molecule has 0 N–H and O–H groups in total. The quantitative estimate of drug-likeness (QED) is 0.470. The number of hydrogen-bond acceptors (Lipinski definition) is 0. The zero-order valence-electron chi connectivity index (χ0n) is 5.94. The highest BCUT2D eigenvalue weighted by atomic mass is 35.5. The number of halogens is 3. The van der Waals surface area contributed by atoms with Crippen molar-refractivity contribution in [3.63, 3.8) is 0 Å². The van der Waals surface area contributed by atoms with Crippen LogP contribution in [0.3, 0.4) is 0 Å². The summed E-state index contributed by atoms with van der Waals surface area (Å²) < 4.78 is 25.7. The SMILES string of the molecule is [C-]#[N+]Cc1c(F)ccc(Cl)c1F. The third-order valence-electron chi connectivity index (χ3n) is 1.38. The summed E-state index contributed by atoms with van der Waals surface area (Å²) >= 11 is 5.38. The first kappa shape index (κ1) is 8.95. The molecule has 1 aromatic rings. The molecule has 0 saturated carbocycles. The lowest BCUT2D eigenvalue weighted by Gasteiger charge is -1.98. The predicted octanol–water partition coefficient (Wildman–Crippen LogP) is 3.04. The molecule has 0 aliphatic carbocycles. The van der Waals surface area contributed by atoms with E-state index in [1.165, 1.54) is 0 Å². The van der Waals surface area contributed by atoms with Crippen LogP contribution in [0.25, 0.3) is 4.85 Å². The smallest absolute Gasteiger partial charge is 0.245 e. The van der Waals surface area contributed by atoms with Crippen LogP contribution >= 0.6 is 11.6 Å². The van der Waals surface area contributed by atoms with E-state index in [-0.39, 0.29) is 17.1 Å². The molecular formula is C8H4ClF2N. The first-order valence-electron chi connectivity index (χ1n) is 3.12. The molecule has 0 radical (unpaired) electrons. The van der Waals surface area contributed by atoms with Crippen molar-refractivity contribution in [3.8, 4) is 0 Å². The number of hydrogen-bond donors (Lipinski definition) is 0. The van der Waals surface area contributed by atoms with E-state index in [4.69, 9.17) is 18.2 Å². The van der Waals surface area contributed by atoms with Gasteiger partial charge in [0.15, 0.2) is 5.82 Å². The van der Waals surface area contributed by atoms with Crippen molar-refractivity contribution in [2.24, 2.45) is 0 Å². The van der Waals surface area contributed by atoms with Gasteiger partial charge in [-0.3, -0.25) is 0 Å². The number of nitrogens with zero attached hydrogens (tertiary/aromatic N) is 1. The maximum Gasteiger partial charge on any atom is 0.245 e. The third-order valence-corrected chi connectivity index (χ3v) is 1.67. The molecule has 0 amide bonds. The van der Waals surface area contributed by atoms with E-state index in [0.717, 1.165) is 12.1 Å². The average molecular weight is 188 g/mol. The summed E-state index contributed by atoms with van der Waals surface area (Å²) in [6.45, 7) is 6.13. The molecule has 1 nitrogen and oxygen atoms in total. The van der Waals surface area contributed by atoms with Crippen LogP contribution in [0.2, 0.25) is 5.02 Å². The Kier molecular flexibility index (Phi) is 2.61. The minimum Gasteiger partial charge on any atom is -0.312 e. The molecule has 0 aromatic heterocycles. The highest BCUT2D eigenvalue weighted by molar-refractivity contribution is 6.30. The van der Waals surface area contributed by atoms with Crippen LogP contribution in [-0.2, 0) is 6.54 Å². The summed E-state index contributed by atoms with van der Waals surface area (Å²) in [5.41, 5.74) is -0.266. The standard InChI is InChI=1S/C8H4ClF2N/c1-12-4-5-7(10)3-2-6(9)8(5)11/h2-3H,4H2. The molecule has 4 heteroatoms. The molecule has 0 bridgehead atoms. The fourth-order valence-corrected chi connectivity index (χ4v) is 0.970. The van der Waals surface area contributed by atoms with Crippen LogP contribution in [0.1, 0.15) is 5.56 Å². The first-order chi connectivity index (χ1) is 5.66. The van der Waals surface area contributed by atoms with Gasteiger partial charge in [0.25, 0.3) is 0 Å². The molecule has 0 saturated heterocycles. The van der Waals surface area contributed by atoms with Crippen LogP contribution in [0, 0.1) is 18.2 Å². The summed E-state index contributed by atoms with van der Waals surface area (Å²) in [4.78, 5) is 2.88. The molecule has 1 rings (SSSR count). The summed E-state index contributed by atoms with van der Waals surface area (Å²) in [5, 5.41) is -0.157. The molecule has 62 valence electrons. The van der Waals surface area contributed by atoms with E-state index in [9.17, 15) is 8.78 Å². The Morgan fingerprint density at radius 2 is 2.08 bits per heavy atom. The fraction of sp³-hybridized carbons (Fsp3) is 0.125. The molecule has 0 aliphatic rings. The Morgan fingerprint density at radius 3 is 2.67 bits per heavy atom. The van der Waals surface area contributed by atoms with Crippen molar-refractivity contribution in [2.75, 3.05) is 0 Å². The van der Waals surface area contributed by atoms with Crippen LogP contribution in [0.15, 0.2) is 12.1 Å². The van der Waals surface area contributed by atoms with Gasteiger partial charge in [-0.25, -0.2) is 15.4 Å². The molecule has 0 atom stereocenters. The van der Waals surface area contributed by atoms with Gasteiger partial charge in [-0.1, -0.05) is 11.6 Å². The third kappa shape index (κ3) is 1.54. The summed E-state index contributed by atoms with van der Waals surface area (Å²) in [6.07, 6.45) is 0. The zero-order valence-corrected chi connectivity index (χ0v) is 6.70. The Labute approximate surface area is 73.4 Å². The molecule has 0 spiro atoms. The minimum atomic E-state index is -0.840. The maximum atomic E-state index is 12.9. The number of benzene rings is 1. The van der Waals surface area contributed by atoms with Gasteiger partial charge in [0.05, 0.1) is 5.02 Å². The second-order valence-electron chi connectivity index (χ2n) is 2.14. The summed E-state index contributed by atoms with van der Waals surface area (Å²) in [7, 11) is 0. The lowest BCUT2D eigenvalue weighted by molar-refractivity contribution is 0.562. The molecule has 1 aromatic carbocycles. The van der Waals surface area contributed by atoms with Crippen molar-refractivity contribution in [2.45, 2.75) is 6.54 Å². The average Bonchev–Trinajstić information content (AvgIpc) is 2.06. The lowest BCUT2D eigenvalue weighted by Crippen LogP contribution is -1.93. The molecule has 0 fully saturated rings. The highest BCUT2D eigenvalue weighted by Crippen LogP contribution is 2.21. The first-order valence-corrected chi connectivity index (χ1v) is 3.50. The highest BCUT2D eigenvalue weighted by Gasteiger charge is 2.13. The second kappa shape index (κ2) is 3.51. The van der Waals surface area contributed by atoms with E-state index < -0.39 is 11.6 Å². The number of rotatable bonds is 1. The normalized spacial score (nSPS) is 9.50. The van der Waals surface area contributed by atoms with Gasteiger partial charge in [0, 0.05) is 0 Å². The molecule has 0 unspecified atom stereocenters. The maximum absolute atomic E-state index is 12.9. The lowest BCUT2D eigenvalue weighted by atomic mass is 10.2. The van der Waals surface area contributed by atoms with Gasteiger partial charge in [-0.15, -0.1) is 0 Å². The van der Waals surface area contributed by atoms with Crippen molar-refractivity contribution in [1.82, 2.24) is 0 Å². The summed E-state index contributed by atoms with van der Waals surface area (Å²) in [6, 6.07) is 2.17. The summed E-state index contributed by atoms with van der Waals surface area (Å²) in [5.74, 6) is -1.57. The van der Waals surface area contributed by atoms with E-state index >= 15 is 0 Å². The van der Waals surface area contributed by atoms with Crippen molar-refractivity contribution in [1.29, 1.82) is 0 Å². The predicted molar refractivity (Wildman–Crippen MR) is 41.7 cm³/mol. The topological polar surface area (TPSA) is 4.36 Å². The van der Waals surface area contributed by atoms with Crippen LogP contribution in [-0.4, -0.2) is 0 Å². The van der Waals surface area contributed by atoms with E-state index in [2.05, 4.69) is 4.85 Å². The minimum absolute atomic E-state index is 0.157. The Morgan fingerprint density at radius 1 is 1.42 bits per heavy atom.